The molecule has 3 unspecified atom stereocenters. The first-order chi connectivity index (χ1) is 6.41. The van der Waals surface area contributed by atoms with E-state index in [1.165, 1.54) is 7.11 Å². The molecule has 0 aliphatic heterocycles. The van der Waals surface area contributed by atoms with E-state index in [1.807, 2.05) is 27.7 Å². The number of nitrogens with one attached hydrogen (secondary N) is 1. The highest BCUT2D eigenvalue weighted by Gasteiger charge is 2.49. The minimum Gasteiger partial charge on any atom is -0.599 e. The van der Waals surface area contributed by atoms with Gasteiger partial charge in [-0.3, -0.25) is 0 Å². The average Bonchev–Trinajstić information content (AvgIpc) is 2.25. The summed E-state index contributed by atoms with van der Waals surface area (Å²) in [4.78, 5) is 4.84. The second kappa shape index (κ2) is 5.07. The Hall–Kier alpha value is -0.160. The predicted molar refractivity (Wildman–Crippen MR) is 55.7 cm³/mol. The SMILES string of the molecule is CCC(C)(OC)C(C)(CC)[NH+]([O-])OC. The number of hydroxylamine groups is 2. The third-order valence-corrected chi connectivity index (χ3v) is 3.64. The van der Waals surface area contributed by atoms with Crippen molar-refractivity contribution in [2.24, 2.45) is 0 Å². The van der Waals surface area contributed by atoms with Gasteiger partial charge in [0.1, 0.15) is 5.60 Å². The summed E-state index contributed by atoms with van der Waals surface area (Å²) in [6.45, 7) is 7.84. The van der Waals surface area contributed by atoms with Crippen molar-refractivity contribution < 1.29 is 14.8 Å². The Kier molecular flexibility index (Phi) is 5.01. The van der Waals surface area contributed by atoms with Crippen molar-refractivity contribution in [1.29, 1.82) is 0 Å². The number of quaternary nitrogens is 1. The maximum atomic E-state index is 11.7. The van der Waals surface area contributed by atoms with Gasteiger partial charge in [0.2, 0.25) is 0 Å². The Morgan fingerprint density at radius 3 is 1.86 bits per heavy atom. The summed E-state index contributed by atoms with van der Waals surface area (Å²) in [5, 5.41) is 11.5. The largest absolute Gasteiger partial charge is 0.599 e. The first-order valence-corrected chi connectivity index (χ1v) is 5.05. The monoisotopic (exact) mass is 205 g/mol. The van der Waals surface area contributed by atoms with Crippen molar-refractivity contribution in [3.8, 4) is 0 Å². The molecule has 1 N–H and O–H groups in total. The van der Waals surface area contributed by atoms with Crippen molar-refractivity contribution in [3.63, 3.8) is 0 Å². The molecule has 14 heavy (non-hydrogen) atoms. The summed E-state index contributed by atoms with van der Waals surface area (Å²) < 4.78 is 5.47. The summed E-state index contributed by atoms with van der Waals surface area (Å²) in [6, 6.07) is 0. The van der Waals surface area contributed by atoms with Crippen molar-refractivity contribution >= 4 is 0 Å². The van der Waals surface area contributed by atoms with E-state index >= 15 is 0 Å². The van der Waals surface area contributed by atoms with Crippen molar-refractivity contribution in [2.75, 3.05) is 14.2 Å². The molecule has 0 aliphatic carbocycles. The van der Waals surface area contributed by atoms with Crippen LogP contribution in [-0.2, 0) is 9.57 Å². The fourth-order valence-electron chi connectivity index (χ4n) is 1.72. The van der Waals surface area contributed by atoms with Crippen molar-refractivity contribution in [1.82, 2.24) is 0 Å². The van der Waals surface area contributed by atoms with Crippen LogP contribution in [0.25, 0.3) is 0 Å². The lowest BCUT2D eigenvalue weighted by atomic mass is 9.78. The molecule has 0 aromatic rings. The zero-order valence-electron chi connectivity index (χ0n) is 10.1. The third kappa shape index (κ3) is 2.08. The van der Waals surface area contributed by atoms with Gasteiger partial charge in [0.25, 0.3) is 0 Å². The summed E-state index contributed by atoms with van der Waals surface area (Å²) in [5.74, 6) is 0. The molecular weight excluding hydrogens is 182 g/mol. The molecule has 0 heterocycles. The van der Waals surface area contributed by atoms with Crippen LogP contribution in [0.3, 0.4) is 0 Å². The Morgan fingerprint density at radius 2 is 1.64 bits per heavy atom. The maximum Gasteiger partial charge on any atom is 0.153 e. The van der Waals surface area contributed by atoms with E-state index in [4.69, 9.17) is 9.57 Å². The minimum atomic E-state index is -0.578. The smallest absolute Gasteiger partial charge is 0.153 e. The van der Waals surface area contributed by atoms with E-state index in [1.54, 1.807) is 7.11 Å². The van der Waals surface area contributed by atoms with Gasteiger partial charge in [-0.25, -0.2) is 10.1 Å². The summed E-state index contributed by atoms with van der Waals surface area (Å²) in [7, 11) is 3.06. The topological polar surface area (TPSA) is 46.0 Å². The average molecular weight is 205 g/mol. The Balaban J connectivity index is 4.99. The third-order valence-electron chi connectivity index (χ3n) is 3.64. The molecule has 0 spiro atoms. The Bertz CT molecular complexity index is 171. The van der Waals surface area contributed by atoms with Gasteiger partial charge in [0, 0.05) is 13.5 Å². The summed E-state index contributed by atoms with van der Waals surface area (Å²) in [6.07, 6.45) is 1.49. The number of ether oxygens (including phenoxy) is 1. The fraction of sp³-hybridized carbons (Fsp3) is 1.00. The van der Waals surface area contributed by atoms with E-state index in [9.17, 15) is 5.21 Å². The molecule has 0 saturated heterocycles. The van der Waals surface area contributed by atoms with Crippen LogP contribution in [0.2, 0.25) is 0 Å². The van der Waals surface area contributed by atoms with Crippen molar-refractivity contribution in [2.45, 2.75) is 51.7 Å². The number of methoxy groups -OCH3 is 1. The van der Waals surface area contributed by atoms with Crippen molar-refractivity contribution in [3.05, 3.63) is 5.21 Å². The summed E-state index contributed by atoms with van der Waals surface area (Å²) in [5.41, 5.74) is -1.04. The molecule has 0 rings (SSSR count). The molecule has 4 heteroatoms. The number of rotatable bonds is 6. The van der Waals surface area contributed by atoms with Gasteiger partial charge in [-0.15, -0.1) is 0 Å². The molecule has 0 radical (unpaired) electrons. The van der Waals surface area contributed by atoms with E-state index in [2.05, 4.69) is 0 Å². The Labute approximate surface area is 86.7 Å². The molecule has 0 amide bonds. The highest BCUT2D eigenvalue weighted by molar-refractivity contribution is 4.92. The molecule has 0 aliphatic rings. The van der Waals surface area contributed by atoms with E-state index in [0.717, 1.165) is 6.42 Å². The van der Waals surface area contributed by atoms with Crippen LogP contribution in [0.1, 0.15) is 40.5 Å². The molecule has 0 saturated carbocycles. The highest BCUT2D eigenvalue weighted by atomic mass is 16.9. The van der Waals surface area contributed by atoms with Crippen LogP contribution < -0.4 is 5.23 Å². The minimum absolute atomic E-state index is 0.203. The van der Waals surface area contributed by atoms with Crippen LogP contribution in [0.4, 0.5) is 0 Å². The van der Waals surface area contributed by atoms with Crippen LogP contribution in [-0.4, -0.2) is 25.4 Å². The second-order valence-corrected chi connectivity index (χ2v) is 3.97. The second-order valence-electron chi connectivity index (χ2n) is 3.97. The highest BCUT2D eigenvalue weighted by Crippen LogP contribution is 2.29. The zero-order chi connectivity index (χ0) is 11.4. The standard InChI is InChI=1S/C10H23NO3/c1-7-9(3,11(12)14-6)10(4,8-2)13-5/h11H,7-8H2,1-6H3. The lowest BCUT2D eigenvalue weighted by Crippen LogP contribution is -3.17. The molecule has 4 nitrogen and oxygen atoms in total. The fourth-order valence-corrected chi connectivity index (χ4v) is 1.72. The van der Waals surface area contributed by atoms with Gasteiger partial charge in [-0.05, 0) is 20.3 Å². The molecule has 86 valence electrons. The first-order valence-electron chi connectivity index (χ1n) is 5.05. The zero-order valence-corrected chi connectivity index (χ0v) is 10.1. The normalized spacial score (nSPS) is 22.5. The van der Waals surface area contributed by atoms with Gasteiger partial charge < -0.3 is 9.94 Å². The quantitative estimate of drug-likeness (QED) is 0.656. The van der Waals surface area contributed by atoms with Gasteiger partial charge in [-0.2, -0.15) is 0 Å². The molecule has 0 aromatic carbocycles. The lowest BCUT2D eigenvalue weighted by molar-refractivity contribution is -1.09. The van der Waals surface area contributed by atoms with Crippen LogP contribution in [0, 0.1) is 5.21 Å². The lowest BCUT2D eigenvalue weighted by Gasteiger charge is -2.47. The van der Waals surface area contributed by atoms with E-state index < -0.39 is 11.1 Å². The first kappa shape index (κ1) is 13.8. The van der Waals surface area contributed by atoms with Gasteiger partial charge >= 0.3 is 0 Å². The van der Waals surface area contributed by atoms with Gasteiger partial charge in [0.15, 0.2) is 5.54 Å². The molecule has 0 fully saturated rings. The molecular formula is C10H23NO3. The maximum absolute atomic E-state index is 11.7. The molecule has 0 aromatic heterocycles. The molecule has 3 atom stereocenters. The summed E-state index contributed by atoms with van der Waals surface area (Å²) >= 11 is 0. The molecule has 0 bridgehead atoms. The van der Waals surface area contributed by atoms with Crippen LogP contribution >= 0.6 is 0 Å². The van der Waals surface area contributed by atoms with Crippen LogP contribution in [0.5, 0.6) is 0 Å². The van der Waals surface area contributed by atoms with E-state index in [0.29, 0.717) is 6.42 Å². The number of hydrogen-bond donors (Lipinski definition) is 1. The van der Waals surface area contributed by atoms with Gasteiger partial charge in [-0.1, -0.05) is 13.8 Å². The van der Waals surface area contributed by atoms with E-state index in [-0.39, 0.29) is 5.23 Å². The Morgan fingerprint density at radius 1 is 1.14 bits per heavy atom. The number of hydrogen-bond acceptors (Lipinski definition) is 3. The van der Waals surface area contributed by atoms with Gasteiger partial charge in [0.05, 0.1) is 7.11 Å². The van der Waals surface area contributed by atoms with Crippen LogP contribution in [0.15, 0.2) is 0 Å². The predicted octanol–water partition coefficient (Wildman–Crippen LogP) is 0.914.